The summed E-state index contributed by atoms with van der Waals surface area (Å²) in [7, 11) is -4.12. The number of aliphatic hydroxyl groups is 3. The Bertz CT molecular complexity index is 5380. The molecule has 3 saturated carbocycles. The lowest BCUT2D eigenvalue weighted by Gasteiger charge is -2.45. The van der Waals surface area contributed by atoms with E-state index < -0.39 is 240 Å². The number of hydrogen-bond donors (Lipinski definition) is 9. The van der Waals surface area contributed by atoms with Crippen molar-refractivity contribution >= 4 is 51.5 Å². The Morgan fingerprint density at radius 2 is 0.895 bits per heavy atom. The maximum absolute atomic E-state index is 14.9. The van der Waals surface area contributed by atoms with E-state index in [9.17, 15) is 118 Å². The number of aliphatic hydroxyl groups excluding tert-OH is 3. The molecule has 7 aliphatic heterocycles. The fraction of sp³-hybridized carbons (Fsp3) is 0.452. The number of carboxylic acid groups (broad SMARTS) is 1. The van der Waals surface area contributed by atoms with E-state index in [2.05, 4.69) is 20.1 Å². The Labute approximate surface area is 639 Å². The van der Waals surface area contributed by atoms with Gasteiger partial charge in [-0.25, -0.2) is 35.5 Å². The van der Waals surface area contributed by atoms with E-state index in [4.69, 9.17) is 23.7 Å². The summed E-state index contributed by atoms with van der Waals surface area (Å²) in [5, 5.41) is 68.0. The van der Waals surface area contributed by atoms with Crippen LogP contribution in [-0.4, -0.2) is 201 Å². The highest BCUT2D eigenvalue weighted by Crippen LogP contribution is 2.43. The minimum absolute atomic E-state index is 0.00668. The molecule has 4 saturated heterocycles. The highest BCUT2D eigenvalue weighted by atomic mass is 32.2. The predicted molar refractivity (Wildman–Crippen MR) is 370 cm³/mol. The zero-order valence-corrected chi connectivity index (χ0v) is 61.3. The molecule has 6 bridgehead atoms. The van der Waals surface area contributed by atoms with Gasteiger partial charge in [0, 0.05) is 84.7 Å². The van der Waals surface area contributed by atoms with Crippen LogP contribution in [0.5, 0.6) is 23.0 Å². The van der Waals surface area contributed by atoms with E-state index in [1.54, 1.807) is 4.90 Å². The summed E-state index contributed by atoms with van der Waals surface area (Å²) in [5.41, 5.74) is -7.83. The molecule has 7 fully saturated rings. The Morgan fingerprint density at radius 3 is 1.33 bits per heavy atom. The maximum Gasteiger partial charge on any atom is 0.335 e. The summed E-state index contributed by atoms with van der Waals surface area (Å²) in [6, 6.07) is 3.21. The topological polar surface area (TPSA) is 442 Å². The average molecular weight is 1620 g/mol. The van der Waals surface area contributed by atoms with Gasteiger partial charge in [-0.05, 0) is 108 Å². The fourth-order valence-corrected chi connectivity index (χ4v) is 16.8. The summed E-state index contributed by atoms with van der Waals surface area (Å²) in [5.74, 6) is -17.6. The van der Waals surface area contributed by atoms with Crippen molar-refractivity contribution in [3.8, 4) is 23.0 Å². The molecule has 0 radical (unpaired) electrons. The van der Waals surface area contributed by atoms with Crippen molar-refractivity contribution < 1.29 is 131 Å². The van der Waals surface area contributed by atoms with Crippen molar-refractivity contribution in [2.75, 3.05) is 6.26 Å². The second-order valence-electron chi connectivity index (χ2n) is 29.3. The summed E-state index contributed by atoms with van der Waals surface area (Å²) in [4.78, 5) is 134. The number of aryl methyl sites for hydroxylation is 2. The first kappa shape index (κ1) is 79.8. The van der Waals surface area contributed by atoms with Crippen molar-refractivity contribution in [2.24, 2.45) is 0 Å². The van der Waals surface area contributed by atoms with Crippen molar-refractivity contribution in [1.29, 1.82) is 0 Å². The van der Waals surface area contributed by atoms with E-state index in [1.165, 1.54) is 37.3 Å². The third-order valence-electron chi connectivity index (χ3n) is 21.9. The third-order valence-corrected chi connectivity index (χ3v) is 22.3. The van der Waals surface area contributed by atoms with Crippen molar-refractivity contribution in [2.45, 2.75) is 204 Å². The number of rotatable bonds is 14. The van der Waals surface area contributed by atoms with Gasteiger partial charge in [0.25, 0.3) is 35.4 Å². The molecule has 608 valence electrons. The first-order valence-electron chi connectivity index (χ1n) is 35.9. The molecule has 14 atom stereocenters. The molecule has 0 spiro atoms. The van der Waals surface area contributed by atoms with Gasteiger partial charge in [-0.1, -0.05) is 0 Å². The van der Waals surface area contributed by atoms with Gasteiger partial charge in [-0.15, -0.1) is 0 Å². The number of halogens is 7. The van der Waals surface area contributed by atoms with E-state index in [1.807, 2.05) is 0 Å². The molecule has 114 heavy (non-hydrogen) atoms. The lowest BCUT2D eigenvalue weighted by Crippen LogP contribution is -2.61. The number of benzene rings is 3. The lowest BCUT2D eigenvalue weighted by atomic mass is 9.99. The molecule has 3 aromatic heterocycles. The number of nitrogens with one attached hydrogen (secondary N) is 3. The van der Waals surface area contributed by atoms with Crippen LogP contribution in [0.4, 0.5) is 30.7 Å². The second kappa shape index (κ2) is 30.5. The van der Waals surface area contributed by atoms with Gasteiger partial charge in [0.2, 0.25) is 22.6 Å². The van der Waals surface area contributed by atoms with Gasteiger partial charge in [0.1, 0.15) is 69.9 Å². The molecule has 3 aromatic carbocycles. The molecule has 6 amide bonds. The number of amides is 6. The van der Waals surface area contributed by atoms with E-state index in [0.717, 1.165) is 69.4 Å². The molecule has 3 aliphatic carbocycles. The Hall–Kier alpha value is -10.8. The van der Waals surface area contributed by atoms with E-state index >= 15 is 0 Å². The Kier molecular flexibility index (Phi) is 21.4. The summed E-state index contributed by atoms with van der Waals surface area (Å²) < 4.78 is 160. The Balaban J connectivity index is 0.000000143. The number of carboxylic acids is 1. The number of nitrogens with zero attached hydrogens (tertiary/aromatic N) is 6. The molecular formula is C73H72F7N9O24S. The third kappa shape index (κ3) is 14.5. The second-order valence-corrected chi connectivity index (χ2v) is 30.8. The first-order valence-corrected chi connectivity index (χ1v) is 37.7. The first-order chi connectivity index (χ1) is 53.9. The number of aliphatic carboxylic acids is 1. The lowest BCUT2D eigenvalue weighted by molar-refractivity contribution is -0.271. The number of aromatic hydroxyl groups is 2. The minimum atomic E-state index is -4.12. The van der Waals surface area contributed by atoms with Gasteiger partial charge in [-0.3, -0.25) is 43.2 Å². The number of fused-ring (bicyclic) bond motifs is 15. The zero-order chi connectivity index (χ0) is 82.0. The van der Waals surface area contributed by atoms with Gasteiger partial charge in [-0.2, -0.15) is 8.42 Å². The average Bonchev–Trinajstić information content (AvgIpc) is 1.30. The molecule has 6 aromatic rings. The maximum atomic E-state index is 14.9. The number of pyridine rings is 3. The van der Waals surface area contributed by atoms with Gasteiger partial charge < -0.3 is 103 Å². The minimum Gasteiger partial charge on any atom is -0.503 e. The van der Waals surface area contributed by atoms with Gasteiger partial charge >= 0.3 is 16.1 Å². The summed E-state index contributed by atoms with van der Waals surface area (Å²) in [6.45, 7) is 1.96. The predicted octanol–water partition coefficient (Wildman–Crippen LogP) is 2.45. The molecule has 9 N–H and O–H groups in total. The molecular weight excluding hydrogens is 1550 g/mol. The quantitative estimate of drug-likeness (QED) is 0.0558. The molecule has 41 heteroatoms. The molecule has 33 nitrogen and oxygen atoms in total. The number of hydrogen-bond acceptors (Lipinski definition) is 23. The molecule has 10 heterocycles. The SMILES string of the molecule is Cc1c(F)cc(F)c(CNC(=O)c2cn3c(c(O)c2=O)C(=O)N2[C@H]4CC[C@H](C4)O[C@@H]2C3)c1F.Cc1cc(F)c(CNC(=O)c2cn3c(c(O)c2=O)C(=O)N2[C@H]4CC[C@H](C4)O[C@@H]2C3)c(F)c1OS(C)(=O)=O.Cc1cc(F)c(CNC(=O)c2cn3c(c(O[C@@H]4O[C@H](C(=O)O)[C@@H](O)[C@H](O)[C@H]4O)c2=O)C(=O)N2[C@H]4CC[C@H](C4)O[C@@H]2C3)c(F)c1. The summed E-state index contributed by atoms with van der Waals surface area (Å²) >= 11 is 0. The fourth-order valence-electron chi connectivity index (χ4n) is 16.3. The molecule has 16 rings (SSSR count). The van der Waals surface area contributed by atoms with E-state index in [0.29, 0.717) is 50.0 Å². The van der Waals surface area contributed by atoms with Crippen LogP contribution in [0, 0.1) is 61.5 Å². The number of ether oxygens (including phenoxy) is 5. The highest BCUT2D eigenvalue weighted by Gasteiger charge is 2.53. The summed E-state index contributed by atoms with van der Waals surface area (Å²) in [6.07, 6.45) is -1.91. The number of carbonyl (C=O) groups is 7. The smallest absolute Gasteiger partial charge is 0.335 e. The van der Waals surface area contributed by atoms with Crippen molar-refractivity contribution in [3.05, 3.63) is 181 Å². The van der Waals surface area contributed by atoms with Crippen LogP contribution < -0.4 is 41.2 Å². The number of aromatic nitrogens is 3. The van der Waals surface area contributed by atoms with Crippen LogP contribution in [0.15, 0.2) is 57.2 Å². The molecule has 10 aliphatic rings. The standard InChI is InChI=1S/C28H29F2N3O11.C23H23F2N3O8S.C22H20F3N3O5/c1-10-4-15(29)13(16(30)5-10)7-31-25(38)14-8-32-9-17-33(11-2-3-12(6-11)42-17)26(39)18(32)23(19(14)34)43-28-22(37)20(35)21(36)24(44-28)27(40)41;1-10-5-15(24)13(17(25)21(10)36-37(2,33)34)7-26-22(31)14-8-27-9-16-28(11-3-4-12(6-11)35-16)23(32)18(27)20(30)19(14)29;1-9-14(23)5-15(24)12(17(9)25)6-26-21(31)13-7-27-8-16-28(10-2-3-11(4-10)33-16)22(32)18(27)20(30)19(13)29/h4-5,8,11-12,17,20-22,24,28,35-37H,2-3,6-7,9H2,1H3,(H,31,38)(H,40,41);5,8,11-12,16,30H,3-4,6-7,9H2,1-2H3,(H,26,31);5,7,10-11,16,30H,2-4,6,8H2,1H3,(H,26,31)/t11-,12+,17+,20-,21-,22+,24-,28+;11-,12+,16+;10-,11+,16+/m000/s1. The van der Waals surface area contributed by atoms with Crippen molar-refractivity contribution in [1.82, 2.24) is 44.4 Å². The van der Waals surface area contributed by atoms with Crippen LogP contribution in [0.1, 0.15) is 154 Å². The van der Waals surface area contributed by atoms with Crippen LogP contribution in [0.3, 0.4) is 0 Å². The van der Waals surface area contributed by atoms with Crippen LogP contribution in [-0.2, 0) is 73.1 Å². The normalized spacial score (nSPS) is 25.9. The van der Waals surface area contributed by atoms with Crippen LogP contribution in [0.25, 0.3) is 0 Å². The van der Waals surface area contributed by atoms with Crippen LogP contribution in [0.2, 0.25) is 0 Å². The number of carbonyl (C=O) groups excluding carboxylic acids is 6. The van der Waals surface area contributed by atoms with Crippen molar-refractivity contribution in [3.63, 3.8) is 0 Å². The van der Waals surface area contributed by atoms with Gasteiger partial charge in [0.15, 0.2) is 70.7 Å². The highest BCUT2D eigenvalue weighted by molar-refractivity contribution is 7.86. The van der Waals surface area contributed by atoms with Gasteiger partial charge in [0.05, 0.1) is 44.2 Å². The van der Waals surface area contributed by atoms with Crippen LogP contribution >= 0.6 is 0 Å². The largest absolute Gasteiger partial charge is 0.503 e. The Morgan fingerprint density at radius 1 is 0.500 bits per heavy atom. The zero-order valence-electron chi connectivity index (χ0n) is 60.5. The monoisotopic (exact) mass is 1620 g/mol. The van der Waals surface area contributed by atoms with E-state index in [-0.39, 0.29) is 78.7 Å². The molecule has 0 unspecified atom stereocenters.